The van der Waals surface area contributed by atoms with E-state index in [0.717, 1.165) is 12.8 Å². The number of esters is 1. The van der Waals surface area contributed by atoms with Crippen molar-refractivity contribution in [3.8, 4) is 0 Å². The van der Waals surface area contributed by atoms with Crippen LogP contribution >= 0.6 is 0 Å². The minimum absolute atomic E-state index is 0.0510. The van der Waals surface area contributed by atoms with E-state index in [1.54, 1.807) is 0 Å². The fraction of sp³-hybridized carbons (Fsp3) is 0.263. The molecule has 126 valence electrons. The lowest BCUT2D eigenvalue weighted by Crippen LogP contribution is -2.36. The molecule has 2 aromatic rings. The second-order valence-corrected chi connectivity index (χ2v) is 5.55. The topological polar surface area (TPSA) is 55.4 Å². The molecular weight excluding hydrogens is 309 g/mol. The standard InChI is InChI=1S/C19H20FNO3/c1-14(11-12-15-7-3-2-4-8-15)21-18(22)13-24-19(23)16-9-5-6-10-17(16)20/h2-10,14H,11-13H2,1H3,(H,21,22)/t14-/m0/s1. The van der Waals surface area contributed by atoms with Crippen LogP contribution in [0, 0.1) is 5.82 Å². The van der Waals surface area contributed by atoms with E-state index in [9.17, 15) is 14.0 Å². The maximum Gasteiger partial charge on any atom is 0.341 e. The number of hydrogen-bond donors (Lipinski definition) is 1. The van der Waals surface area contributed by atoms with E-state index >= 15 is 0 Å². The summed E-state index contributed by atoms with van der Waals surface area (Å²) in [5, 5.41) is 2.76. The minimum atomic E-state index is -0.847. The number of benzene rings is 2. The molecule has 0 bridgehead atoms. The first-order chi connectivity index (χ1) is 11.6. The number of amides is 1. The van der Waals surface area contributed by atoms with Crippen molar-refractivity contribution in [1.82, 2.24) is 5.32 Å². The Balaban J connectivity index is 1.72. The van der Waals surface area contributed by atoms with Crippen LogP contribution in [0.25, 0.3) is 0 Å². The molecule has 1 N–H and O–H groups in total. The smallest absolute Gasteiger partial charge is 0.341 e. The third-order valence-electron chi connectivity index (χ3n) is 3.54. The van der Waals surface area contributed by atoms with Crippen LogP contribution in [0.5, 0.6) is 0 Å². The van der Waals surface area contributed by atoms with Crippen LogP contribution in [-0.2, 0) is 16.0 Å². The maximum atomic E-state index is 13.4. The van der Waals surface area contributed by atoms with Crippen LogP contribution in [0.2, 0.25) is 0 Å². The number of carbonyl (C=O) groups excluding carboxylic acids is 2. The molecule has 0 unspecified atom stereocenters. The molecule has 24 heavy (non-hydrogen) atoms. The molecule has 0 spiro atoms. The van der Waals surface area contributed by atoms with Crippen molar-refractivity contribution in [2.75, 3.05) is 6.61 Å². The summed E-state index contributed by atoms with van der Waals surface area (Å²) in [5.74, 6) is -1.92. The lowest BCUT2D eigenvalue weighted by molar-refractivity contribution is -0.124. The largest absolute Gasteiger partial charge is 0.452 e. The Morgan fingerprint density at radius 3 is 2.46 bits per heavy atom. The van der Waals surface area contributed by atoms with E-state index in [1.165, 1.54) is 29.8 Å². The molecule has 0 aliphatic heterocycles. The van der Waals surface area contributed by atoms with Crippen LogP contribution in [0.4, 0.5) is 4.39 Å². The summed E-state index contributed by atoms with van der Waals surface area (Å²) in [6, 6.07) is 15.4. The Bertz CT molecular complexity index is 688. The van der Waals surface area contributed by atoms with Crippen molar-refractivity contribution in [2.24, 2.45) is 0 Å². The second-order valence-electron chi connectivity index (χ2n) is 5.55. The zero-order valence-corrected chi connectivity index (χ0v) is 13.5. The van der Waals surface area contributed by atoms with E-state index < -0.39 is 24.3 Å². The van der Waals surface area contributed by atoms with Gasteiger partial charge in [0.2, 0.25) is 0 Å². The van der Waals surface area contributed by atoms with Crippen molar-refractivity contribution in [2.45, 2.75) is 25.8 Å². The first kappa shape index (κ1) is 17.7. The molecule has 4 nitrogen and oxygen atoms in total. The van der Waals surface area contributed by atoms with Gasteiger partial charge < -0.3 is 10.1 Å². The Kier molecular flexibility index (Phi) is 6.49. The van der Waals surface area contributed by atoms with Crippen molar-refractivity contribution in [3.63, 3.8) is 0 Å². The summed E-state index contributed by atoms with van der Waals surface area (Å²) < 4.78 is 18.3. The highest BCUT2D eigenvalue weighted by atomic mass is 19.1. The normalized spacial score (nSPS) is 11.6. The Hall–Kier alpha value is -2.69. The van der Waals surface area contributed by atoms with Crippen LogP contribution < -0.4 is 5.32 Å². The third-order valence-corrected chi connectivity index (χ3v) is 3.54. The van der Waals surface area contributed by atoms with E-state index in [4.69, 9.17) is 4.74 Å². The number of rotatable bonds is 7. The van der Waals surface area contributed by atoms with Gasteiger partial charge in [0.25, 0.3) is 5.91 Å². The molecule has 0 aliphatic rings. The van der Waals surface area contributed by atoms with Crippen LogP contribution in [0.1, 0.15) is 29.3 Å². The lowest BCUT2D eigenvalue weighted by atomic mass is 10.1. The fourth-order valence-corrected chi connectivity index (χ4v) is 2.25. The van der Waals surface area contributed by atoms with Gasteiger partial charge in [-0.1, -0.05) is 42.5 Å². The highest BCUT2D eigenvalue weighted by Gasteiger charge is 2.15. The molecule has 2 aromatic carbocycles. The highest BCUT2D eigenvalue weighted by molar-refractivity contribution is 5.91. The number of nitrogens with one attached hydrogen (secondary N) is 1. The average molecular weight is 329 g/mol. The third kappa shape index (κ3) is 5.50. The zero-order chi connectivity index (χ0) is 17.4. The van der Waals surface area contributed by atoms with E-state index in [-0.39, 0.29) is 11.6 Å². The molecule has 0 aliphatic carbocycles. The van der Waals surface area contributed by atoms with Crippen molar-refractivity contribution >= 4 is 11.9 Å². The lowest BCUT2D eigenvalue weighted by Gasteiger charge is -2.14. The molecule has 0 saturated heterocycles. The molecule has 0 fully saturated rings. The summed E-state index contributed by atoms with van der Waals surface area (Å²) in [4.78, 5) is 23.5. The van der Waals surface area contributed by atoms with E-state index in [0.29, 0.717) is 0 Å². The molecule has 0 aromatic heterocycles. The highest BCUT2D eigenvalue weighted by Crippen LogP contribution is 2.08. The predicted octanol–water partition coefficient (Wildman–Crippen LogP) is 3.12. The van der Waals surface area contributed by atoms with Gasteiger partial charge in [-0.3, -0.25) is 4.79 Å². The average Bonchev–Trinajstić information content (AvgIpc) is 2.59. The van der Waals surface area contributed by atoms with E-state index in [1.807, 2.05) is 37.3 Å². The van der Waals surface area contributed by atoms with Gasteiger partial charge >= 0.3 is 5.97 Å². The van der Waals surface area contributed by atoms with Gasteiger partial charge in [0.05, 0.1) is 5.56 Å². The van der Waals surface area contributed by atoms with Gasteiger partial charge in [-0.15, -0.1) is 0 Å². The van der Waals surface area contributed by atoms with Gasteiger partial charge in [-0.05, 0) is 37.5 Å². The fourth-order valence-electron chi connectivity index (χ4n) is 2.25. The number of hydrogen-bond acceptors (Lipinski definition) is 3. The molecular formula is C19H20FNO3. The summed E-state index contributed by atoms with van der Waals surface area (Å²) in [7, 11) is 0. The summed E-state index contributed by atoms with van der Waals surface area (Å²) in [6.07, 6.45) is 1.62. The first-order valence-electron chi connectivity index (χ1n) is 7.81. The summed E-state index contributed by atoms with van der Waals surface area (Å²) in [5.41, 5.74) is 1.02. The molecule has 5 heteroatoms. The van der Waals surface area contributed by atoms with Crippen molar-refractivity contribution in [1.29, 1.82) is 0 Å². The Labute approximate surface area is 140 Å². The zero-order valence-electron chi connectivity index (χ0n) is 13.5. The van der Waals surface area contributed by atoms with Crippen LogP contribution in [-0.4, -0.2) is 24.5 Å². The molecule has 1 amide bonds. The maximum absolute atomic E-state index is 13.4. The SMILES string of the molecule is C[C@@H](CCc1ccccc1)NC(=O)COC(=O)c1ccccc1F. The molecule has 2 rings (SSSR count). The quantitative estimate of drug-likeness (QED) is 0.794. The van der Waals surface area contributed by atoms with Gasteiger partial charge in [-0.2, -0.15) is 0 Å². The van der Waals surface area contributed by atoms with Gasteiger partial charge in [-0.25, -0.2) is 9.18 Å². The minimum Gasteiger partial charge on any atom is -0.452 e. The monoisotopic (exact) mass is 329 g/mol. The summed E-state index contributed by atoms with van der Waals surface area (Å²) in [6.45, 7) is 1.46. The Morgan fingerprint density at radius 1 is 1.08 bits per heavy atom. The van der Waals surface area contributed by atoms with Crippen LogP contribution in [0.15, 0.2) is 54.6 Å². The van der Waals surface area contributed by atoms with Gasteiger partial charge in [0.15, 0.2) is 6.61 Å². The van der Waals surface area contributed by atoms with Gasteiger partial charge in [0.1, 0.15) is 5.82 Å². The summed E-state index contributed by atoms with van der Waals surface area (Å²) >= 11 is 0. The first-order valence-corrected chi connectivity index (χ1v) is 7.81. The number of carbonyl (C=O) groups is 2. The molecule has 0 saturated carbocycles. The van der Waals surface area contributed by atoms with Crippen LogP contribution in [0.3, 0.4) is 0 Å². The Morgan fingerprint density at radius 2 is 1.75 bits per heavy atom. The van der Waals surface area contributed by atoms with Crippen molar-refractivity contribution in [3.05, 3.63) is 71.5 Å². The molecule has 0 radical (unpaired) electrons. The number of aryl methyl sites for hydroxylation is 1. The second kappa shape index (κ2) is 8.82. The predicted molar refractivity (Wildman–Crippen MR) is 89.1 cm³/mol. The molecule has 0 heterocycles. The van der Waals surface area contributed by atoms with Crippen molar-refractivity contribution < 1.29 is 18.7 Å². The van der Waals surface area contributed by atoms with E-state index in [2.05, 4.69) is 5.32 Å². The number of ether oxygens (including phenoxy) is 1. The molecule has 1 atom stereocenters. The van der Waals surface area contributed by atoms with Gasteiger partial charge in [0, 0.05) is 6.04 Å². The number of halogens is 1.